The first kappa shape index (κ1) is 13.8. The molecule has 0 aliphatic carbocycles. The molecule has 3 rings (SSSR count). The highest BCUT2D eigenvalue weighted by atomic mass is 16.5. The number of benzene rings is 1. The lowest BCUT2D eigenvalue weighted by atomic mass is 10.0. The highest BCUT2D eigenvalue weighted by molar-refractivity contribution is 5.65. The van der Waals surface area contributed by atoms with Gasteiger partial charge in [0.15, 0.2) is 5.82 Å². The van der Waals surface area contributed by atoms with E-state index < -0.39 is 0 Å². The van der Waals surface area contributed by atoms with Gasteiger partial charge in [-0.3, -0.25) is 0 Å². The number of anilines is 1. The molecule has 21 heavy (non-hydrogen) atoms. The lowest BCUT2D eigenvalue weighted by Gasteiger charge is -2.21. The Kier molecular flexibility index (Phi) is 4.01. The third-order valence-corrected chi connectivity index (χ3v) is 3.80. The number of nitrogens with two attached hydrogens (primary N) is 1. The molecule has 1 saturated heterocycles. The van der Waals surface area contributed by atoms with E-state index in [2.05, 4.69) is 15.5 Å². The fourth-order valence-electron chi connectivity index (χ4n) is 2.56. The number of nitrogen functional groups attached to an aromatic ring is 1. The van der Waals surface area contributed by atoms with Crippen LogP contribution in [0.2, 0.25) is 0 Å². The molecular formula is C14H19N5O2. The van der Waals surface area contributed by atoms with Crippen molar-refractivity contribution in [3.05, 3.63) is 18.2 Å². The van der Waals surface area contributed by atoms with E-state index in [9.17, 15) is 0 Å². The zero-order valence-corrected chi connectivity index (χ0v) is 12.0. The summed E-state index contributed by atoms with van der Waals surface area (Å²) in [7, 11) is 1.60. The van der Waals surface area contributed by atoms with Gasteiger partial charge in [-0.05, 0) is 47.4 Å². The van der Waals surface area contributed by atoms with E-state index in [1.54, 1.807) is 7.11 Å². The van der Waals surface area contributed by atoms with E-state index >= 15 is 0 Å². The first-order valence-corrected chi connectivity index (χ1v) is 7.05. The zero-order chi connectivity index (χ0) is 14.7. The molecule has 1 aromatic carbocycles. The van der Waals surface area contributed by atoms with Gasteiger partial charge >= 0.3 is 0 Å². The van der Waals surface area contributed by atoms with Crippen LogP contribution in [0.25, 0.3) is 11.4 Å². The Morgan fingerprint density at radius 1 is 1.38 bits per heavy atom. The second kappa shape index (κ2) is 6.09. The van der Waals surface area contributed by atoms with Crippen molar-refractivity contribution < 1.29 is 9.47 Å². The van der Waals surface area contributed by atoms with Crippen LogP contribution in [0.5, 0.6) is 5.75 Å². The van der Waals surface area contributed by atoms with Crippen molar-refractivity contribution in [3.63, 3.8) is 0 Å². The Balaban J connectivity index is 1.84. The summed E-state index contributed by atoms with van der Waals surface area (Å²) in [6.07, 6.45) is 2.09. The Morgan fingerprint density at radius 2 is 2.19 bits per heavy atom. The number of hydrogen-bond donors (Lipinski definition) is 1. The molecule has 0 bridgehead atoms. The minimum Gasteiger partial charge on any atom is -0.495 e. The molecular weight excluding hydrogens is 270 g/mol. The molecule has 0 spiro atoms. The predicted molar refractivity (Wildman–Crippen MR) is 77.8 cm³/mol. The summed E-state index contributed by atoms with van der Waals surface area (Å²) in [4.78, 5) is 0. The maximum absolute atomic E-state index is 5.84. The number of rotatable bonds is 4. The van der Waals surface area contributed by atoms with Gasteiger partial charge in [-0.15, -0.1) is 5.10 Å². The highest BCUT2D eigenvalue weighted by Gasteiger charge is 2.18. The molecule has 0 atom stereocenters. The first-order valence-electron chi connectivity index (χ1n) is 7.05. The van der Waals surface area contributed by atoms with Crippen LogP contribution in [0, 0.1) is 5.92 Å². The van der Waals surface area contributed by atoms with Crippen LogP contribution in [-0.2, 0) is 11.3 Å². The quantitative estimate of drug-likeness (QED) is 0.855. The van der Waals surface area contributed by atoms with Gasteiger partial charge in [-0.25, -0.2) is 4.68 Å². The van der Waals surface area contributed by atoms with Crippen molar-refractivity contribution in [3.8, 4) is 17.1 Å². The number of methoxy groups -OCH3 is 1. The third kappa shape index (κ3) is 2.97. The van der Waals surface area contributed by atoms with Crippen LogP contribution in [0.15, 0.2) is 18.2 Å². The molecule has 1 fully saturated rings. The van der Waals surface area contributed by atoms with E-state index in [0.717, 1.165) is 44.0 Å². The van der Waals surface area contributed by atoms with E-state index in [-0.39, 0.29) is 0 Å². The molecule has 1 aliphatic heterocycles. The molecule has 7 nitrogen and oxygen atoms in total. The van der Waals surface area contributed by atoms with Crippen LogP contribution < -0.4 is 10.5 Å². The molecule has 0 unspecified atom stereocenters. The number of ether oxygens (including phenoxy) is 2. The summed E-state index contributed by atoms with van der Waals surface area (Å²) in [5.74, 6) is 1.92. The van der Waals surface area contributed by atoms with Gasteiger partial charge in [0.1, 0.15) is 5.75 Å². The number of hydrogen-bond acceptors (Lipinski definition) is 6. The summed E-state index contributed by atoms with van der Waals surface area (Å²) in [6, 6.07) is 5.58. The van der Waals surface area contributed by atoms with Crippen LogP contribution in [0.1, 0.15) is 12.8 Å². The van der Waals surface area contributed by atoms with Gasteiger partial charge in [0, 0.05) is 25.3 Å². The van der Waals surface area contributed by atoms with Crippen LogP contribution in [0.3, 0.4) is 0 Å². The number of tetrazole rings is 1. The van der Waals surface area contributed by atoms with Gasteiger partial charge < -0.3 is 15.2 Å². The summed E-state index contributed by atoms with van der Waals surface area (Å²) >= 11 is 0. The first-order chi connectivity index (χ1) is 10.3. The van der Waals surface area contributed by atoms with Crippen LogP contribution in [0.4, 0.5) is 5.69 Å². The summed E-state index contributed by atoms with van der Waals surface area (Å²) in [5.41, 5.74) is 7.35. The molecule has 0 saturated carbocycles. The van der Waals surface area contributed by atoms with Gasteiger partial charge in [0.05, 0.1) is 12.8 Å². The Morgan fingerprint density at radius 3 is 2.95 bits per heavy atom. The third-order valence-electron chi connectivity index (χ3n) is 3.80. The molecule has 2 heterocycles. The normalized spacial score (nSPS) is 16.0. The number of nitrogens with zero attached hydrogens (tertiary/aromatic N) is 4. The standard InChI is InChI=1S/C14H19N5O2/c1-20-13-8-11(2-3-12(13)15)14-16-17-18-19(14)9-10-4-6-21-7-5-10/h2-3,8,10H,4-7,9,15H2,1H3. The minimum atomic E-state index is 0.552. The smallest absolute Gasteiger partial charge is 0.182 e. The molecule has 0 amide bonds. The summed E-state index contributed by atoms with van der Waals surface area (Å²) < 4.78 is 12.5. The molecule has 7 heteroatoms. The molecule has 0 radical (unpaired) electrons. The van der Waals surface area contributed by atoms with Crippen LogP contribution in [-0.4, -0.2) is 40.5 Å². The predicted octanol–water partition coefficient (Wildman–Crippen LogP) is 1.36. The van der Waals surface area contributed by atoms with Gasteiger partial charge in [0.25, 0.3) is 0 Å². The van der Waals surface area contributed by atoms with E-state index in [1.807, 2.05) is 22.9 Å². The van der Waals surface area contributed by atoms with E-state index in [4.69, 9.17) is 15.2 Å². The highest BCUT2D eigenvalue weighted by Crippen LogP contribution is 2.28. The lowest BCUT2D eigenvalue weighted by Crippen LogP contribution is -2.21. The van der Waals surface area contributed by atoms with Crippen molar-refractivity contribution in [2.24, 2.45) is 5.92 Å². The monoisotopic (exact) mass is 289 g/mol. The molecule has 1 aromatic heterocycles. The molecule has 2 aromatic rings. The molecule has 2 N–H and O–H groups in total. The second-order valence-electron chi connectivity index (χ2n) is 5.20. The molecule has 1 aliphatic rings. The zero-order valence-electron chi connectivity index (χ0n) is 12.0. The van der Waals surface area contributed by atoms with Crippen molar-refractivity contribution in [2.45, 2.75) is 19.4 Å². The lowest BCUT2D eigenvalue weighted by molar-refractivity contribution is 0.0601. The Labute approximate surface area is 123 Å². The molecule has 112 valence electrons. The fourth-order valence-corrected chi connectivity index (χ4v) is 2.56. The van der Waals surface area contributed by atoms with Crippen molar-refractivity contribution in [1.29, 1.82) is 0 Å². The minimum absolute atomic E-state index is 0.552. The van der Waals surface area contributed by atoms with Crippen molar-refractivity contribution >= 4 is 5.69 Å². The topological polar surface area (TPSA) is 88.1 Å². The second-order valence-corrected chi connectivity index (χ2v) is 5.20. The largest absolute Gasteiger partial charge is 0.495 e. The maximum Gasteiger partial charge on any atom is 0.182 e. The summed E-state index contributed by atoms with van der Waals surface area (Å²) in [5, 5.41) is 12.0. The van der Waals surface area contributed by atoms with Gasteiger partial charge in [-0.1, -0.05) is 0 Å². The van der Waals surface area contributed by atoms with Crippen molar-refractivity contribution in [2.75, 3.05) is 26.1 Å². The van der Waals surface area contributed by atoms with Gasteiger partial charge in [-0.2, -0.15) is 0 Å². The van der Waals surface area contributed by atoms with E-state index in [1.165, 1.54) is 0 Å². The Hall–Kier alpha value is -2.15. The fraction of sp³-hybridized carbons (Fsp3) is 0.500. The maximum atomic E-state index is 5.84. The number of aromatic nitrogens is 4. The SMILES string of the molecule is COc1cc(-c2nnnn2CC2CCOCC2)ccc1N. The Bertz CT molecular complexity index is 607. The van der Waals surface area contributed by atoms with E-state index in [0.29, 0.717) is 17.4 Å². The average Bonchev–Trinajstić information content (AvgIpc) is 2.97. The summed E-state index contributed by atoms with van der Waals surface area (Å²) in [6.45, 7) is 2.44. The van der Waals surface area contributed by atoms with Crippen LogP contribution >= 0.6 is 0 Å². The average molecular weight is 289 g/mol. The van der Waals surface area contributed by atoms with Crippen molar-refractivity contribution in [1.82, 2.24) is 20.2 Å². The van der Waals surface area contributed by atoms with Gasteiger partial charge in [0.2, 0.25) is 0 Å².